The number of likely N-dealkylation sites (N-methyl/N-ethyl adjacent to an activating group) is 1. The first-order valence-electron chi connectivity index (χ1n) is 9.23. The molecule has 4 nitrogen and oxygen atoms in total. The van der Waals surface area contributed by atoms with Crippen LogP contribution in [-0.4, -0.2) is 35.1 Å². The Morgan fingerprint density at radius 3 is 2.11 bits per heavy atom. The molecule has 0 radical (unpaired) electrons. The number of rotatable bonds is 8. The van der Waals surface area contributed by atoms with Crippen LogP contribution in [0.4, 0.5) is 0 Å². The highest BCUT2D eigenvalue weighted by molar-refractivity contribution is 8.00. The van der Waals surface area contributed by atoms with Crippen molar-refractivity contribution in [1.29, 1.82) is 0 Å². The van der Waals surface area contributed by atoms with Gasteiger partial charge in [-0.25, -0.2) is 0 Å². The molecule has 27 heavy (non-hydrogen) atoms. The van der Waals surface area contributed by atoms with Gasteiger partial charge < -0.3 is 10.2 Å². The molecule has 0 fully saturated rings. The van der Waals surface area contributed by atoms with Crippen LogP contribution in [0.25, 0.3) is 0 Å². The molecule has 2 rings (SSSR count). The van der Waals surface area contributed by atoms with Gasteiger partial charge in [0.05, 0.1) is 5.75 Å². The van der Waals surface area contributed by atoms with Gasteiger partial charge >= 0.3 is 0 Å². The fourth-order valence-corrected chi connectivity index (χ4v) is 3.44. The Bertz CT molecular complexity index is 757. The van der Waals surface area contributed by atoms with Crippen molar-refractivity contribution in [2.24, 2.45) is 0 Å². The summed E-state index contributed by atoms with van der Waals surface area (Å²) < 4.78 is 0. The Labute approximate surface area is 166 Å². The predicted molar refractivity (Wildman–Crippen MR) is 112 cm³/mol. The fourth-order valence-electron chi connectivity index (χ4n) is 2.66. The summed E-state index contributed by atoms with van der Waals surface area (Å²) in [6.45, 7) is 8.70. The summed E-state index contributed by atoms with van der Waals surface area (Å²) >= 11 is 1.50. The van der Waals surface area contributed by atoms with E-state index in [0.717, 1.165) is 10.5 Å². The van der Waals surface area contributed by atoms with Crippen LogP contribution in [0.3, 0.4) is 0 Å². The molecule has 0 spiro atoms. The lowest BCUT2D eigenvalue weighted by Crippen LogP contribution is -2.48. The van der Waals surface area contributed by atoms with Gasteiger partial charge in [0.1, 0.15) is 6.04 Å². The zero-order valence-corrected chi connectivity index (χ0v) is 17.3. The van der Waals surface area contributed by atoms with Gasteiger partial charge in [-0.1, -0.05) is 47.5 Å². The second-order valence-electron chi connectivity index (χ2n) is 6.68. The van der Waals surface area contributed by atoms with E-state index in [1.165, 1.54) is 22.9 Å². The van der Waals surface area contributed by atoms with E-state index in [1.807, 2.05) is 69.3 Å². The number of amides is 2. The fraction of sp³-hybridized carbons (Fsp3) is 0.364. The second-order valence-corrected chi connectivity index (χ2v) is 7.73. The highest BCUT2D eigenvalue weighted by Gasteiger charge is 2.25. The van der Waals surface area contributed by atoms with Gasteiger partial charge in [-0.05, 0) is 45.4 Å². The standard InChI is InChI=1S/C22H28N2O2S/c1-5-23-22(26)18(4)24(14-19-10-6-16(2)7-11-19)21(25)15-27-20-12-8-17(3)9-13-20/h6-13,18H,5,14-15H2,1-4H3,(H,23,26)/t18-/m0/s1. The van der Waals surface area contributed by atoms with Crippen LogP contribution in [0.15, 0.2) is 53.4 Å². The summed E-state index contributed by atoms with van der Waals surface area (Å²) in [5.74, 6) is 0.136. The lowest BCUT2D eigenvalue weighted by molar-refractivity contribution is -0.138. The molecule has 1 N–H and O–H groups in total. The Hall–Kier alpha value is -2.27. The van der Waals surface area contributed by atoms with Crippen molar-refractivity contribution in [1.82, 2.24) is 10.2 Å². The highest BCUT2D eigenvalue weighted by Crippen LogP contribution is 2.20. The molecule has 1 atom stereocenters. The molecule has 0 saturated heterocycles. The second kappa shape index (κ2) is 10.2. The van der Waals surface area contributed by atoms with Crippen LogP contribution in [0.1, 0.15) is 30.5 Å². The molecule has 2 amide bonds. The van der Waals surface area contributed by atoms with Crippen LogP contribution in [-0.2, 0) is 16.1 Å². The molecule has 0 saturated carbocycles. The molecule has 144 valence electrons. The van der Waals surface area contributed by atoms with Gasteiger partial charge in [0.15, 0.2) is 0 Å². The maximum Gasteiger partial charge on any atom is 0.242 e. The van der Waals surface area contributed by atoms with Crippen LogP contribution >= 0.6 is 11.8 Å². The van der Waals surface area contributed by atoms with Crippen LogP contribution in [0.5, 0.6) is 0 Å². The maximum absolute atomic E-state index is 12.9. The topological polar surface area (TPSA) is 49.4 Å². The average Bonchev–Trinajstić information content (AvgIpc) is 2.66. The number of nitrogens with zero attached hydrogens (tertiary/aromatic N) is 1. The maximum atomic E-state index is 12.9. The quantitative estimate of drug-likeness (QED) is 0.701. The first-order valence-corrected chi connectivity index (χ1v) is 10.2. The van der Waals surface area contributed by atoms with E-state index in [9.17, 15) is 9.59 Å². The van der Waals surface area contributed by atoms with Crippen molar-refractivity contribution >= 4 is 23.6 Å². The van der Waals surface area contributed by atoms with Crippen molar-refractivity contribution < 1.29 is 9.59 Å². The largest absolute Gasteiger partial charge is 0.355 e. The summed E-state index contributed by atoms with van der Waals surface area (Å²) in [6.07, 6.45) is 0. The van der Waals surface area contributed by atoms with E-state index >= 15 is 0 Å². The molecule has 0 aliphatic heterocycles. The Morgan fingerprint density at radius 1 is 1.00 bits per heavy atom. The minimum absolute atomic E-state index is 0.0418. The minimum Gasteiger partial charge on any atom is -0.355 e. The van der Waals surface area contributed by atoms with Crippen LogP contribution < -0.4 is 5.32 Å². The molecule has 2 aromatic carbocycles. The number of thioether (sulfide) groups is 1. The van der Waals surface area contributed by atoms with Gasteiger partial charge in [-0.3, -0.25) is 9.59 Å². The minimum atomic E-state index is -0.516. The van der Waals surface area contributed by atoms with E-state index in [4.69, 9.17) is 0 Å². The monoisotopic (exact) mass is 384 g/mol. The van der Waals surface area contributed by atoms with E-state index in [2.05, 4.69) is 5.32 Å². The zero-order chi connectivity index (χ0) is 19.8. The molecule has 0 aliphatic carbocycles. The number of aryl methyl sites for hydroxylation is 2. The van der Waals surface area contributed by atoms with Crippen molar-refractivity contribution in [3.8, 4) is 0 Å². The number of benzene rings is 2. The van der Waals surface area contributed by atoms with E-state index < -0.39 is 6.04 Å². The van der Waals surface area contributed by atoms with Crippen LogP contribution in [0.2, 0.25) is 0 Å². The lowest BCUT2D eigenvalue weighted by atomic mass is 10.1. The molecule has 0 aliphatic rings. The molecule has 0 bridgehead atoms. The van der Waals surface area contributed by atoms with Crippen molar-refractivity contribution in [3.63, 3.8) is 0 Å². The van der Waals surface area contributed by atoms with Gasteiger partial charge in [0, 0.05) is 18.0 Å². The smallest absolute Gasteiger partial charge is 0.242 e. The normalized spacial score (nSPS) is 11.7. The lowest BCUT2D eigenvalue weighted by Gasteiger charge is -2.28. The molecule has 0 unspecified atom stereocenters. The van der Waals surface area contributed by atoms with Gasteiger partial charge in [-0.2, -0.15) is 0 Å². The average molecular weight is 385 g/mol. The Kier molecular flexibility index (Phi) is 7.92. The number of carbonyl (C=O) groups is 2. The van der Waals surface area contributed by atoms with E-state index in [-0.39, 0.29) is 11.8 Å². The molecular weight excluding hydrogens is 356 g/mol. The Morgan fingerprint density at radius 2 is 1.56 bits per heavy atom. The van der Waals surface area contributed by atoms with Gasteiger partial charge in [-0.15, -0.1) is 11.8 Å². The van der Waals surface area contributed by atoms with Crippen molar-refractivity contribution in [2.45, 2.75) is 45.2 Å². The number of hydrogen-bond donors (Lipinski definition) is 1. The number of nitrogens with one attached hydrogen (secondary N) is 1. The molecule has 2 aromatic rings. The third kappa shape index (κ3) is 6.43. The van der Waals surface area contributed by atoms with Crippen molar-refractivity contribution in [2.75, 3.05) is 12.3 Å². The molecule has 0 aromatic heterocycles. The highest BCUT2D eigenvalue weighted by atomic mass is 32.2. The summed E-state index contributed by atoms with van der Waals surface area (Å²) in [5, 5.41) is 2.82. The Balaban J connectivity index is 2.11. The van der Waals surface area contributed by atoms with Gasteiger partial charge in [0.25, 0.3) is 0 Å². The first-order chi connectivity index (χ1) is 12.9. The van der Waals surface area contributed by atoms with Crippen LogP contribution in [0, 0.1) is 13.8 Å². The third-order valence-corrected chi connectivity index (χ3v) is 5.37. The summed E-state index contributed by atoms with van der Waals surface area (Å²) in [5.41, 5.74) is 3.38. The van der Waals surface area contributed by atoms with E-state index in [1.54, 1.807) is 11.8 Å². The first kappa shape index (κ1) is 21.0. The van der Waals surface area contributed by atoms with E-state index in [0.29, 0.717) is 18.8 Å². The summed E-state index contributed by atoms with van der Waals surface area (Å²) in [7, 11) is 0. The zero-order valence-electron chi connectivity index (χ0n) is 16.5. The van der Waals surface area contributed by atoms with Gasteiger partial charge in [0.2, 0.25) is 11.8 Å². The number of hydrogen-bond acceptors (Lipinski definition) is 3. The summed E-state index contributed by atoms with van der Waals surface area (Å²) in [4.78, 5) is 28.0. The summed E-state index contributed by atoms with van der Waals surface area (Å²) in [6, 6.07) is 15.7. The third-order valence-electron chi connectivity index (χ3n) is 4.38. The predicted octanol–water partition coefficient (Wildman–Crippen LogP) is 3.95. The SMILES string of the molecule is CCNC(=O)[C@H](C)N(Cc1ccc(C)cc1)C(=O)CSc1ccc(C)cc1. The number of carbonyl (C=O) groups excluding carboxylic acids is 2. The molecular formula is C22H28N2O2S. The molecule has 0 heterocycles. The molecule has 5 heteroatoms. The van der Waals surface area contributed by atoms with Crippen molar-refractivity contribution in [3.05, 3.63) is 65.2 Å².